The quantitative estimate of drug-likeness (QED) is 0.589. The maximum Gasteiger partial charge on any atom is 0.311 e. The molecule has 1 heterocycles. The van der Waals surface area contributed by atoms with Crippen LogP contribution in [0.5, 0.6) is 0 Å². The summed E-state index contributed by atoms with van der Waals surface area (Å²) in [5.41, 5.74) is 0.705. The van der Waals surface area contributed by atoms with E-state index in [9.17, 15) is 4.79 Å². The van der Waals surface area contributed by atoms with Crippen LogP contribution in [0.2, 0.25) is 0 Å². The summed E-state index contributed by atoms with van der Waals surface area (Å²) in [5.74, 6) is -0.248. The molecule has 0 N–H and O–H groups in total. The second-order valence-electron chi connectivity index (χ2n) is 2.49. The van der Waals surface area contributed by atoms with Crippen molar-refractivity contribution in [1.82, 2.24) is 4.98 Å². The number of esters is 1. The Morgan fingerprint density at radius 2 is 2.38 bits per heavy atom. The highest BCUT2D eigenvalue weighted by Crippen LogP contribution is 2.04. The van der Waals surface area contributed by atoms with Gasteiger partial charge in [0.25, 0.3) is 0 Å². The van der Waals surface area contributed by atoms with E-state index in [1.807, 2.05) is 0 Å². The lowest BCUT2D eigenvalue weighted by molar-refractivity contribution is -0.142. The molecule has 0 saturated carbocycles. The first-order valence-corrected chi connectivity index (χ1v) is 4.46. The van der Waals surface area contributed by atoms with Crippen molar-refractivity contribution in [3.8, 4) is 0 Å². The molecule has 0 aromatic carbocycles. The third-order valence-electron chi connectivity index (χ3n) is 1.44. The van der Waals surface area contributed by atoms with E-state index in [-0.39, 0.29) is 12.4 Å². The molecule has 0 radical (unpaired) electrons. The van der Waals surface area contributed by atoms with Gasteiger partial charge in [0.05, 0.1) is 18.7 Å². The third kappa shape index (κ3) is 3.46. The van der Waals surface area contributed by atoms with Gasteiger partial charge in [-0.3, -0.25) is 9.78 Å². The number of carbonyl (C=O) groups excluding carboxylic acids is 1. The van der Waals surface area contributed by atoms with Crippen LogP contribution in [-0.4, -0.2) is 17.6 Å². The molecule has 0 spiro atoms. The first kappa shape index (κ1) is 10.1. The van der Waals surface area contributed by atoms with E-state index >= 15 is 0 Å². The molecular weight excluding hydrogens is 186 g/mol. The average molecular weight is 197 g/mol. The van der Waals surface area contributed by atoms with Crippen molar-refractivity contribution < 1.29 is 9.53 Å². The van der Waals surface area contributed by atoms with Gasteiger partial charge in [-0.2, -0.15) is 0 Å². The zero-order valence-corrected chi connectivity index (χ0v) is 8.25. The zero-order chi connectivity index (χ0) is 9.68. The second kappa shape index (κ2) is 4.87. The Bertz CT molecular complexity index is 284. The Labute approximate surface area is 82.5 Å². The lowest BCUT2D eigenvalue weighted by atomic mass is 10.3. The molecule has 0 amide bonds. The minimum atomic E-state index is -0.248. The van der Waals surface area contributed by atoms with Gasteiger partial charge in [-0.15, -0.1) is 12.6 Å². The first-order valence-electron chi connectivity index (χ1n) is 4.02. The predicted molar refractivity (Wildman–Crippen MR) is 51.8 cm³/mol. The molecule has 1 aromatic rings. The minimum Gasteiger partial charge on any atom is -0.466 e. The summed E-state index contributed by atoms with van der Waals surface area (Å²) in [6.45, 7) is 2.19. The fourth-order valence-electron chi connectivity index (χ4n) is 0.881. The number of thiol groups is 1. The van der Waals surface area contributed by atoms with Gasteiger partial charge in [-0.25, -0.2) is 0 Å². The van der Waals surface area contributed by atoms with E-state index in [2.05, 4.69) is 17.6 Å². The minimum absolute atomic E-state index is 0.224. The molecule has 0 unspecified atom stereocenters. The Hall–Kier alpha value is -1.03. The van der Waals surface area contributed by atoms with Crippen molar-refractivity contribution in [2.24, 2.45) is 0 Å². The lowest BCUT2D eigenvalue weighted by Gasteiger charge is -2.00. The Balaban J connectivity index is 2.54. The number of nitrogens with zero attached hydrogens (tertiary/aromatic N) is 1. The van der Waals surface area contributed by atoms with E-state index in [0.717, 1.165) is 4.90 Å². The van der Waals surface area contributed by atoms with Crippen molar-refractivity contribution >= 4 is 18.6 Å². The highest BCUT2D eigenvalue weighted by Gasteiger charge is 2.03. The number of rotatable bonds is 3. The highest BCUT2D eigenvalue weighted by atomic mass is 32.1. The maximum atomic E-state index is 11.0. The summed E-state index contributed by atoms with van der Waals surface area (Å²) < 4.78 is 4.78. The summed E-state index contributed by atoms with van der Waals surface area (Å²) in [7, 11) is 0. The number of hydrogen-bond donors (Lipinski definition) is 1. The summed E-state index contributed by atoms with van der Waals surface area (Å²) in [4.78, 5) is 15.8. The molecule has 70 valence electrons. The largest absolute Gasteiger partial charge is 0.466 e. The molecule has 0 aliphatic carbocycles. The summed E-state index contributed by atoms with van der Waals surface area (Å²) >= 11 is 4.08. The number of pyridine rings is 1. The van der Waals surface area contributed by atoms with Crippen LogP contribution >= 0.6 is 12.6 Å². The molecule has 0 fully saturated rings. The van der Waals surface area contributed by atoms with E-state index in [4.69, 9.17) is 4.74 Å². The smallest absolute Gasteiger partial charge is 0.311 e. The van der Waals surface area contributed by atoms with E-state index in [1.165, 1.54) is 0 Å². The van der Waals surface area contributed by atoms with Gasteiger partial charge in [-0.1, -0.05) is 0 Å². The first-order chi connectivity index (χ1) is 6.22. The van der Waals surface area contributed by atoms with Crippen LogP contribution < -0.4 is 0 Å². The SMILES string of the molecule is CCOC(=O)Cc1ccc(S)cn1. The molecule has 1 rings (SSSR count). The standard InChI is InChI=1S/C9H11NO2S/c1-2-12-9(11)5-7-3-4-8(13)6-10-7/h3-4,6,13H,2,5H2,1H3. The topological polar surface area (TPSA) is 39.2 Å². The normalized spacial score (nSPS) is 9.69. The molecule has 1 aromatic heterocycles. The Morgan fingerprint density at radius 3 is 2.92 bits per heavy atom. The van der Waals surface area contributed by atoms with Crippen molar-refractivity contribution in [3.05, 3.63) is 24.0 Å². The fourth-order valence-corrected chi connectivity index (χ4v) is 1.01. The summed E-state index contributed by atoms with van der Waals surface area (Å²) in [5, 5.41) is 0. The number of carbonyl (C=O) groups is 1. The van der Waals surface area contributed by atoms with Crippen LogP contribution in [0.1, 0.15) is 12.6 Å². The fraction of sp³-hybridized carbons (Fsp3) is 0.333. The molecule has 0 bridgehead atoms. The summed E-state index contributed by atoms with van der Waals surface area (Å²) in [6, 6.07) is 3.56. The molecule has 13 heavy (non-hydrogen) atoms. The maximum absolute atomic E-state index is 11.0. The molecule has 0 atom stereocenters. The van der Waals surface area contributed by atoms with Gasteiger partial charge in [-0.05, 0) is 19.1 Å². The van der Waals surface area contributed by atoms with Crippen LogP contribution in [0.3, 0.4) is 0 Å². The molecular formula is C9H11NO2S. The van der Waals surface area contributed by atoms with Gasteiger partial charge < -0.3 is 4.74 Å². The van der Waals surface area contributed by atoms with Crippen LogP contribution in [-0.2, 0) is 16.0 Å². The molecule has 0 aliphatic heterocycles. The number of hydrogen-bond acceptors (Lipinski definition) is 4. The van der Waals surface area contributed by atoms with Gasteiger partial charge in [0.1, 0.15) is 0 Å². The van der Waals surface area contributed by atoms with Crippen molar-refractivity contribution in [2.75, 3.05) is 6.61 Å². The molecule has 0 aliphatic rings. The van der Waals surface area contributed by atoms with Crippen molar-refractivity contribution in [1.29, 1.82) is 0 Å². The second-order valence-corrected chi connectivity index (χ2v) is 3.01. The molecule has 0 saturated heterocycles. The van der Waals surface area contributed by atoms with Gasteiger partial charge in [0.2, 0.25) is 0 Å². The van der Waals surface area contributed by atoms with Crippen molar-refractivity contribution in [3.63, 3.8) is 0 Å². The average Bonchev–Trinajstić information content (AvgIpc) is 2.09. The van der Waals surface area contributed by atoms with Crippen LogP contribution in [0.15, 0.2) is 23.2 Å². The van der Waals surface area contributed by atoms with E-state index in [0.29, 0.717) is 12.3 Å². The van der Waals surface area contributed by atoms with Gasteiger partial charge >= 0.3 is 5.97 Å². The van der Waals surface area contributed by atoms with E-state index < -0.39 is 0 Å². The number of ether oxygens (including phenoxy) is 1. The van der Waals surface area contributed by atoms with Gasteiger partial charge in [0.15, 0.2) is 0 Å². The molecule has 4 heteroatoms. The van der Waals surface area contributed by atoms with E-state index in [1.54, 1.807) is 25.3 Å². The Morgan fingerprint density at radius 1 is 1.62 bits per heavy atom. The zero-order valence-electron chi connectivity index (χ0n) is 7.36. The van der Waals surface area contributed by atoms with Gasteiger partial charge in [0, 0.05) is 11.1 Å². The van der Waals surface area contributed by atoms with Crippen LogP contribution in [0.25, 0.3) is 0 Å². The summed E-state index contributed by atoms with van der Waals surface area (Å²) in [6.07, 6.45) is 1.83. The number of aromatic nitrogens is 1. The van der Waals surface area contributed by atoms with Crippen LogP contribution in [0, 0.1) is 0 Å². The van der Waals surface area contributed by atoms with Crippen LogP contribution in [0.4, 0.5) is 0 Å². The highest BCUT2D eigenvalue weighted by molar-refractivity contribution is 7.80. The lowest BCUT2D eigenvalue weighted by Crippen LogP contribution is -2.08. The Kier molecular flexibility index (Phi) is 3.76. The molecule has 3 nitrogen and oxygen atoms in total. The monoisotopic (exact) mass is 197 g/mol. The predicted octanol–water partition coefficient (Wildman–Crippen LogP) is 1.48. The third-order valence-corrected chi connectivity index (χ3v) is 1.70. The van der Waals surface area contributed by atoms with Crippen molar-refractivity contribution in [2.45, 2.75) is 18.2 Å².